The van der Waals surface area contributed by atoms with Gasteiger partial charge in [-0.3, -0.25) is 9.59 Å². The fraction of sp³-hybridized carbons (Fsp3) is 0.261. The minimum atomic E-state index is -0.174. The first-order valence-electron chi connectivity index (χ1n) is 10.0. The molecule has 1 aliphatic rings. The van der Waals surface area contributed by atoms with Gasteiger partial charge in [0.1, 0.15) is 11.4 Å². The second-order valence-corrected chi connectivity index (χ2v) is 8.09. The van der Waals surface area contributed by atoms with E-state index in [1.807, 2.05) is 31.1 Å². The highest BCUT2D eigenvalue weighted by atomic mass is 16.2. The molecule has 4 heterocycles. The number of imidazole rings is 1. The highest BCUT2D eigenvalue weighted by molar-refractivity contribution is 5.94. The summed E-state index contributed by atoms with van der Waals surface area (Å²) in [5, 5.41) is 1.13. The Morgan fingerprint density at radius 3 is 2.77 bits per heavy atom. The number of rotatable bonds is 3. The van der Waals surface area contributed by atoms with Crippen LogP contribution >= 0.6 is 0 Å². The molecule has 30 heavy (non-hydrogen) atoms. The molecule has 4 aromatic rings. The van der Waals surface area contributed by atoms with E-state index < -0.39 is 0 Å². The number of carbonyl (C=O) groups is 1. The lowest BCUT2D eigenvalue weighted by Crippen LogP contribution is -2.49. The van der Waals surface area contributed by atoms with Crippen LogP contribution in [-0.2, 0) is 13.1 Å². The van der Waals surface area contributed by atoms with E-state index in [4.69, 9.17) is 0 Å². The molecule has 1 N–H and O–H groups in total. The Morgan fingerprint density at radius 1 is 1.17 bits per heavy atom. The summed E-state index contributed by atoms with van der Waals surface area (Å²) in [5.74, 6) is -0.124. The van der Waals surface area contributed by atoms with E-state index >= 15 is 0 Å². The van der Waals surface area contributed by atoms with Crippen molar-refractivity contribution in [1.29, 1.82) is 0 Å². The number of aromatic amines is 1. The summed E-state index contributed by atoms with van der Waals surface area (Å²) in [6, 6.07) is 9.61. The molecule has 0 unspecified atom stereocenters. The third-order valence-corrected chi connectivity index (χ3v) is 5.87. The van der Waals surface area contributed by atoms with Crippen LogP contribution in [0.1, 0.15) is 34.2 Å². The smallest absolute Gasteiger partial charge is 0.275 e. The number of H-pyrrole nitrogens is 1. The van der Waals surface area contributed by atoms with Crippen molar-refractivity contribution in [2.45, 2.75) is 39.9 Å². The molecule has 3 aromatic heterocycles. The summed E-state index contributed by atoms with van der Waals surface area (Å²) in [6.07, 6.45) is 5.40. The van der Waals surface area contributed by atoms with Crippen molar-refractivity contribution in [3.63, 3.8) is 0 Å². The van der Waals surface area contributed by atoms with E-state index in [1.165, 1.54) is 5.56 Å². The van der Waals surface area contributed by atoms with Crippen molar-refractivity contribution in [2.24, 2.45) is 0 Å². The van der Waals surface area contributed by atoms with E-state index in [-0.39, 0.29) is 17.5 Å². The monoisotopic (exact) mass is 401 g/mol. The van der Waals surface area contributed by atoms with Crippen LogP contribution in [0.2, 0.25) is 0 Å². The molecule has 1 aromatic carbocycles. The molecule has 0 bridgehead atoms. The number of pyridine rings is 1. The number of aromatic nitrogens is 4. The van der Waals surface area contributed by atoms with E-state index in [1.54, 1.807) is 27.6 Å². The zero-order valence-corrected chi connectivity index (χ0v) is 17.2. The SMILES string of the molecule is Cc1ccc2[nH]cc(CN3C(=O)c4ccc(-n5cnc(C)c5)c(=O)n4C[C@H]3C)c2c1. The Hall–Kier alpha value is -3.61. The molecule has 0 fully saturated rings. The molecule has 1 atom stereocenters. The summed E-state index contributed by atoms with van der Waals surface area (Å²) >= 11 is 0. The molecule has 1 aliphatic heterocycles. The molecule has 5 rings (SSSR count). The fourth-order valence-electron chi connectivity index (χ4n) is 4.23. The van der Waals surface area contributed by atoms with Crippen LogP contribution in [-0.4, -0.2) is 36.0 Å². The number of aryl methyl sites for hydroxylation is 2. The molecule has 0 radical (unpaired) electrons. The number of nitrogens with one attached hydrogen (secondary N) is 1. The Labute approximate surface area is 173 Å². The van der Waals surface area contributed by atoms with Gasteiger partial charge in [-0.15, -0.1) is 0 Å². The first-order chi connectivity index (χ1) is 14.4. The molecule has 152 valence electrons. The molecule has 0 saturated heterocycles. The average molecular weight is 401 g/mol. The number of fused-ring (bicyclic) bond motifs is 2. The Balaban J connectivity index is 1.51. The number of amides is 1. The van der Waals surface area contributed by atoms with E-state index in [2.05, 4.69) is 35.1 Å². The normalized spacial score (nSPS) is 16.3. The minimum Gasteiger partial charge on any atom is -0.361 e. The summed E-state index contributed by atoms with van der Waals surface area (Å²) in [6.45, 7) is 6.89. The third kappa shape index (κ3) is 2.85. The largest absolute Gasteiger partial charge is 0.361 e. The zero-order chi connectivity index (χ0) is 21.0. The van der Waals surface area contributed by atoms with Crippen molar-refractivity contribution in [3.8, 4) is 5.69 Å². The maximum Gasteiger partial charge on any atom is 0.275 e. The predicted molar refractivity (Wildman–Crippen MR) is 115 cm³/mol. The fourth-order valence-corrected chi connectivity index (χ4v) is 4.23. The second-order valence-electron chi connectivity index (χ2n) is 8.09. The summed E-state index contributed by atoms with van der Waals surface area (Å²) in [7, 11) is 0. The Kier molecular flexibility index (Phi) is 4.13. The standard InChI is InChI=1S/C23H23N5O2/c1-14-4-5-19-18(8-14)17(9-24-19)12-27-16(3)11-28-21(23(27)30)7-6-20(22(28)29)26-10-15(2)25-13-26/h4-10,13,16,24H,11-12H2,1-3H3/t16-/m1/s1. The van der Waals surface area contributed by atoms with Crippen LogP contribution < -0.4 is 5.56 Å². The Bertz CT molecular complexity index is 1340. The van der Waals surface area contributed by atoms with Crippen LogP contribution in [0.4, 0.5) is 0 Å². The van der Waals surface area contributed by atoms with Crippen LogP contribution in [0.15, 0.2) is 53.8 Å². The van der Waals surface area contributed by atoms with Crippen LogP contribution in [0.5, 0.6) is 0 Å². The predicted octanol–water partition coefficient (Wildman–Crippen LogP) is 3.18. The topological polar surface area (TPSA) is 75.9 Å². The molecular formula is C23H23N5O2. The molecule has 0 spiro atoms. The lowest BCUT2D eigenvalue weighted by atomic mass is 10.1. The molecule has 7 nitrogen and oxygen atoms in total. The second kappa shape index (κ2) is 6.73. The summed E-state index contributed by atoms with van der Waals surface area (Å²) in [4.78, 5) is 35.7. The van der Waals surface area contributed by atoms with Gasteiger partial charge >= 0.3 is 0 Å². The number of hydrogen-bond donors (Lipinski definition) is 1. The van der Waals surface area contributed by atoms with Gasteiger partial charge < -0.3 is 19.0 Å². The van der Waals surface area contributed by atoms with Gasteiger partial charge in [0.2, 0.25) is 0 Å². The van der Waals surface area contributed by atoms with Gasteiger partial charge in [-0.05, 0) is 50.6 Å². The van der Waals surface area contributed by atoms with Crippen molar-refractivity contribution in [2.75, 3.05) is 0 Å². The molecule has 0 aliphatic carbocycles. The van der Waals surface area contributed by atoms with Gasteiger partial charge in [-0.1, -0.05) is 11.6 Å². The quantitative estimate of drug-likeness (QED) is 0.573. The van der Waals surface area contributed by atoms with Crippen LogP contribution in [0, 0.1) is 13.8 Å². The summed E-state index contributed by atoms with van der Waals surface area (Å²) in [5.41, 5.74) is 4.91. The van der Waals surface area contributed by atoms with E-state index in [0.29, 0.717) is 24.5 Å². The van der Waals surface area contributed by atoms with Crippen molar-refractivity contribution >= 4 is 16.8 Å². The minimum absolute atomic E-state index is 0.0998. The summed E-state index contributed by atoms with van der Waals surface area (Å²) < 4.78 is 3.30. The van der Waals surface area contributed by atoms with Gasteiger partial charge in [0.25, 0.3) is 11.5 Å². The van der Waals surface area contributed by atoms with Crippen molar-refractivity contribution < 1.29 is 4.79 Å². The van der Waals surface area contributed by atoms with Gasteiger partial charge in [-0.25, -0.2) is 4.98 Å². The number of nitrogens with zero attached hydrogens (tertiary/aromatic N) is 4. The number of benzene rings is 1. The molecular weight excluding hydrogens is 378 g/mol. The lowest BCUT2D eigenvalue weighted by Gasteiger charge is -2.35. The molecule has 0 saturated carbocycles. The van der Waals surface area contributed by atoms with Crippen molar-refractivity contribution in [3.05, 3.63) is 81.9 Å². The number of carbonyl (C=O) groups excluding carboxylic acids is 1. The highest BCUT2D eigenvalue weighted by Crippen LogP contribution is 2.25. The maximum atomic E-state index is 13.3. The van der Waals surface area contributed by atoms with Crippen molar-refractivity contribution in [1.82, 2.24) is 24.0 Å². The van der Waals surface area contributed by atoms with Crippen LogP contribution in [0.3, 0.4) is 0 Å². The van der Waals surface area contributed by atoms with Gasteiger partial charge in [0, 0.05) is 42.4 Å². The first-order valence-corrected chi connectivity index (χ1v) is 10.0. The van der Waals surface area contributed by atoms with Gasteiger partial charge in [-0.2, -0.15) is 0 Å². The zero-order valence-electron chi connectivity index (χ0n) is 17.2. The Morgan fingerprint density at radius 2 is 2.00 bits per heavy atom. The average Bonchev–Trinajstić information content (AvgIpc) is 3.32. The molecule has 1 amide bonds. The number of hydrogen-bond acceptors (Lipinski definition) is 3. The van der Waals surface area contributed by atoms with Gasteiger partial charge in [0.05, 0.1) is 12.0 Å². The lowest BCUT2D eigenvalue weighted by molar-refractivity contribution is 0.0591. The maximum absolute atomic E-state index is 13.3. The first kappa shape index (κ1) is 18.4. The van der Waals surface area contributed by atoms with E-state index in [0.717, 1.165) is 22.2 Å². The molecule has 7 heteroatoms. The highest BCUT2D eigenvalue weighted by Gasteiger charge is 2.31. The third-order valence-electron chi connectivity index (χ3n) is 5.87. The van der Waals surface area contributed by atoms with E-state index in [9.17, 15) is 9.59 Å². The van der Waals surface area contributed by atoms with Crippen LogP contribution in [0.25, 0.3) is 16.6 Å². The van der Waals surface area contributed by atoms with Gasteiger partial charge in [0.15, 0.2) is 0 Å².